The van der Waals surface area contributed by atoms with Gasteiger partial charge in [-0.1, -0.05) is 47.5 Å². The van der Waals surface area contributed by atoms with Gasteiger partial charge in [-0.15, -0.1) is 0 Å². The Hall–Kier alpha value is -4.03. The third-order valence-corrected chi connectivity index (χ3v) is 11.9. The summed E-state index contributed by atoms with van der Waals surface area (Å²) in [5.74, 6) is 0.0232. The second kappa shape index (κ2) is 14.9. The summed E-state index contributed by atoms with van der Waals surface area (Å²) in [7, 11) is 8.24. The first kappa shape index (κ1) is 36.9. The summed E-state index contributed by atoms with van der Waals surface area (Å²) in [6, 6.07) is 23.6. The molecule has 54 heavy (non-hydrogen) atoms. The molecule has 2 aliphatic rings. The normalized spacial score (nSPS) is 17.9. The molecule has 0 fully saturated rings. The molecule has 0 amide bonds. The minimum Gasteiger partial charge on any atom is -0.355 e. The van der Waals surface area contributed by atoms with E-state index in [4.69, 9.17) is 34.7 Å². The second-order valence-electron chi connectivity index (χ2n) is 15.5. The number of H-pyrrole nitrogens is 2. The monoisotopic (exact) mass is 762 g/mol. The molecule has 0 aliphatic carbocycles. The number of aromatic nitrogens is 2. The van der Waals surface area contributed by atoms with E-state index in [0.717, 1.165) is 104 Å². The van der Waals surface area contributed by atoms with Gasteiger partial charge in [0.1, 0.15) is 0 Å². The number of carbonyl (C=O) groups excluding carboxylic acids is 1. The minimum absolute atomic E-state index is 0.0232. The highest BCUT2D eigenvalue weighted by molar-refractivity contribution is 6.32. The van der Waals surface area contributed by atoms with E-state index < -0.39 is 12.1 Å². The fraction of sp³-hybridized carbons (Fsp3) is 0.326. The van der Waals surface area contributed by atoms with Gasteiger partial charge in [0.2, 0.25) is 0 Å². The number of nitrogens with one attached hydrogen (secondary N) is 4. The molecule has 6 aromatic rings. The number of hydrogen-bond acceptors (Lipinski definition) is 7. The van der Waals surface area contributed by atoms with Crippen LogP contribution in [0.4, 0.5) is 0 Å². The molecule has 0 spiro atoms. The van der Waals surface area contributed by atoms with Crippen LogP contribution in [0.25, 0.3) is 44.3 Å². The molecule has 4 unspecified atom stereocenters. The lowest BCUT2D eigenvalue weighted by atomic mass is 9.87. The molecular formula is C43H48Cl2N8O. The van der Waals surface area contributed by atoms with Crippen molar-refractivity contribution in [1.29, 1.82) is 0 Å². The van der Waals surface area contributed by atoms with E-state index in [1.807, 2.05) is 24.3 Å². The molecular weight excluding hydrogens is 715 g/mol. The van der Waals surface area contributed by atoms with Crippen molar-refractivity contribution in [1.82, 2.24) is 30.4 Å². The number of nitrogens with zero attached hydrogens (tertiary/aromatic N) is 2. The van der Waals surface area contributed by atoms with Crippen LogP contribution < -0.4 is 22.1 Å². The lowest BCUT2D eigenvalue weighted by Gasteiger charge is -2.21. The summed E-state index contributed by atoms with van der Waals surface area (Å²) in [5.41, 5.74) is 24.9. The Morgan fingerprint density at radius 2 is 1.09 bits per heavy atom. The predicted octanol–water partition coefficient (Wildman–Crippen LogP) is 7.75. The fourth-order valence-corrected chi connectivity index (χ4v) is 8.67. The maximum absolute atomic E-state index is 14.9. The molecule has 0 radical (unpaired) electrons. The molecule has 8 N–H and O–H groups in total. The van der Waals surface area contributed by atoms with Gasteiger partial charge in [0.15, 0.2) is 5.78 Å². The molecule has 8 rings (SSSR count). The molecule has 280 valence electrons. The molecule has 0 saturated heterocycles. The Morgan fingerprint density at radius 1 is 0.667 bits per heavy atom. The summed E-state index contributed by atoms with van der Waals surface area (Å²) >= 11 is 13.7. The van der Waals surface area contributed by atoms with Gasteiger partial charge in [0.05, 0.1) is 12.1 Å². The zero-order valence-corrected chi connectivity index (χ0v) is 32.7. The lowest BCUT2D eigenvalue weighted by Crippen LogP contribution is -2.32. The van der Waals surface area contributed by atoms with Crippen LogP contribution in [0.1, 0.15) is 70.4 Å². The van der Waals surface area contributed by atoms with Crippen molar-refractivity contribution in [3.63, 3.8) is 0 Å². The highest BCUT2D eigenvalue weighted by Crippen LogP contribution is 2.45. The predicted molar refractivity (Wildman–Crippen MR) is 222 cm³/mol. The number of aromatic amines is 2. The number of benzene rings is 4. The summed E-state index contributed by atoms with van der Waals surface area (Å²) in [6.07, 6.45) is 1.74. The molecule has 0 bridgehead atoms. The Kier molecular flexibility index (Phi) is 10.2. The highest BCUT2D eigenvalue weighted by Gasteiger charge is 2.41. The number of rotatable bonds is 12. The van der Waals surface area contributed by atoms with Gasteiger partial charge in [-0.05, 0) is 136 Å². The summed E-state index contributed by atoms with van der Waals surface area (Å²) in [5, 5.41) is 10.5. The smallest absolute Gasteiger partial charge is 0.175 e. The van der Waals surface area contributed by atoms with Gasteiger partial charge in [-0.3, -0.25) is 15.4 Å². The van der Waals surface area contributed by atoms with Gasteiger partial charge in [-0.25, -0.2) is 0 Å². The average molecular weight is 764 g/mol. The molecule has 11 heteroatoms. The minimum atomic E-state index is -0.584. The quantitative estimate of drug-likeness (QED) is 0.0752. The number of nitrogens with two attached hydrogens (primary N) is 2. The number of Topliss-reactive ketones (excluding diaryl/α,β-unsaturated/α-hetero) is 1. The van der Waals surface area contributed by atoms with E-state index in [9.17, 15) is 4.79 Å². The van der Waals surface area contributed by atoms with Crippen molar-refractivity contribution in [3.05, 3.63) is 116 Å². The van der Waals surface area contributed by atoms with Crippen LogP contribution in [0.2, 0.25) is 10.0 Å². The van der Waals surface area contributed by atoms with Crippen molar-refractivity contribution < 1.29 is 4.79 Å². The molecule has 4 atom stereocenters. The number of ketones is 1. The van der Waals surface area contributed by atoms with Crippen LogP contribution in [0.15, 0.2) is 72.8 Å². The topological polar surface area (TPSA) is 131 Å². The first-order chi connectivity index (χ1) is 26.0. The maximum Gasteiger partial charge on any atom is 0.175 e. The average Bonchev–Trinajstić information content (AvgIpc) is 3.97. The summed E-state index contributed by atoms with van der Waals surface area (Å²) in [4.78, 5) is 26.4. The van der Waals surface area contributed by atoms with Crippen molar-refractivity contribution in [2.75, 3.05) is 41.3 Å². The summed E-state index contributed by atoms with van der Waals surface area (Å²) in [6.45, 7) is 2.82. The summed E-state index contributed by atoms with van der Waals surface area (Å²) < 4.78 is 0. The molecule has 4 heterocycles. The standard InChI is InChI=1S/C43H48Cl2N8O/c1-52(2)15-13-33(46)23-5-11-35-25(17-23)19-37(50-35)27-7-9-31(44)29-21-48-41(39(27)29)43(54)42-40-28(8-10-32(45)30(40)22-49-42)38-20-26-18-24(6-12-36(26)51-38)34(47)14-16-53(3)4/h5-12,17-20,33-34,41-42,48-51H,13-16,21-22,46-47H2,1-4H3. The van der Waals surface area contributed by atoms with Crippen LogP contribution in [0.3, 0.4) is 0 Å². The Morgan fingerprint density at radius 3 is 1.50 bits per heavy atom. The van der Waals surface area contributed by atoms with Crippen molar-refractivity contribution >= 4 is 50.8 Å². The van der Waals surface area contributed by atoms with E-state index in [2.05, 4.69) is 107 Å². The number of carbonyl (C=O) groups is 1. The van der Waals surface area contributed by atoms with Crippen molar-refractivity contribution in [3.8, 4) is 22.5 Å². The van der Waals surface area contributed by atoms with E-state index in [0.29, 0.717) is 23.1 Å². The van der Waals surface area contributed by atoms with Gasteiger partial charge >= 0.3 is 0 Å². The largest absolute Gasteiger partial charge is 0.355 e. The first-order valence-corrected chi connectivity index (χ1v) is 19.4. The van der Waals surface area contributed by atoms with E-state index in [1.165, 1.54) is 0 Å². The molecule has 9 nitrogen and oxygen atoms in total. The second-order valence-corrected chi connectivity index (χ2v) is 16.3. The van der Waals surface area contributed by atoms with E-state index in [-0.39, 0.29) is 17.9 Å². The van der Waals surface area contributed by atoms with Crippen LogP contribution in [0.5, 0.6) is 0 Å². The zero-order valence-electron chi connectivity index (χ0n) is 31.2. The lowest BCUT2D eigenvalue weighted by molar-refractivity contribution is -0.123. The van der Waals surface area contributed by atoms with Crippen LogP contribution in [0, 0.1) is 0 Å². The molecule has 4 aromatic carbocycles. The third kappa shape index (κ3) is 6.89. The first-order valence-electron chi connectivity index (χ1n) is 18.7. The van der Waals surface area contributed by atoms with E-state index in [1.54, 1.807) is 0 Å². The Labute approximate surface area is 326 Å². The van der Waals surface area contributed by atoms with Gasteiger partial charge in [0.25, 0.3) is 0 Å². The highest BCUT2D eigenvalue weighted by atomic mass is 35.5. The number of fused-ring (bicyclic) bond motifs is 4. The molecule has 2 aliphatic heterocycles. The number of halogens is 2. The van der Waals surface area contributed by atoms with Gasteiger partial charge in [-0.2, -0.15) is 0 Å². The third-order valence-electron chi connectivity index (χ3n) is 11.2. The molecule has 0 saturated carbocycles. The van der Waals surface area contributed by atoms with Gasteiger partial charge in [0, 0.05) is 79.5 Å². The van der Waals surface area contributed by atoms with Crippen LogP contribution in [-0.2, 0) is 17.9 Å². The Bertz CT molecular complexity index is 2220. The fourth-order valence-electron chi connectivity index (χ4n) is 8.21. The zero-order chi connectivity index (χ0) is 37.8. The SMILES string of the molecule is CN(C)CCC(N)c1ccc2[nH]c(-c3ccc(Cl)c4c3C(C(=O)C3NCc5c(Cl)ccc(-c6cc7cc(C(N)CCN(C)C)ccc7[nH]6)c53)NC4)cc2c1. The van der Waals surface area contributed by atoms with E-state index >= 15 is 0 Å². The van der Waals surface area contributed by atoms with Crippen LogP contribution >= 0.6 is 23.2 Å². The van der Waals surface area contributed by atoms with Crippen molar-refractivity contribution in [2.45, 2.75) is 50.1 Å². The number of hydrogen-bond donors (Lipinski definition) is 6. The maximum atomic E-state index is 14.9. The van der Waals surface area contributed by atoms with Crippen LogP contribution in [-0.4, -0.2) is 66.8 Å². The van der Waals surface area contributed by atoms with Crippen molar-refractivity contribution in [2.24, 2.45) is 11.5 Å². The molecule has 2 aromatic heterocycles. The van der Waals surface area contributed by atoms with Gasteiger partial charge < -0.3 is 31.2 Å². The Balaban J connectivity index is 1.13.